The van der Waals surface area contributed by atoms with Crippen LogP contribution in [0.4, 0.5) is 0 Å². The maximum Gasteiger partial charge on any atom is 0.276 e. The second-order valence-corrected chi connectivity index (χ2v) is 10.3. The molecule has 180 valence electrons. The Morgan fingerprint density at radius 1 is 1.03 bits per heavy atom. The van der Waals surface area contributed by atoms with Crippen molar-refractivity contribution >= 4 is 15.7 Å². The Morgan fingerprint density at radius 3 is 2.21 bits per heavy atom. The summed E-state index contributed by atoms with van der Waals surface area (Å²) in [7, 11) is -3.18. The van der Waals surface area contributed by atoms with Crippen LogP contribution in [0.2, 0.25) is 0 Å². The topological polar surface area (TPSA) is 98.9 Å². The molecule has 0 aliphatic carbocycles. The summed E-state index contributed by atoms with van der Waals surface area (Å²) < 4.78 is 40.7. The maximum absolute atomic E-state index is 13.5. The monoisotopic (exact) mass is 484 g/mol. The molecule has 3 aromatic rings. The van der Waals surface area contributed by atoms with Crippen molar-refractivity contribution in [2.75, 3.05) is 24.7 Å². The van der Waals surface area contributed by atoms with Gasteiger partial charge in [-0.1, -0.05) is 17.3 Å². The van der Waals surface area contributed by atoms with Crippen LogP contribution in [0.1, 0.15) is 36.3 Å². The van der Waals surface area contributed by atoms with Gasteiger partial charge in [-0.2, -0.15) is 0 Å². The molecular weight excluding hydrogens is 456 g/mol. The molecule has 1 atom stereocenters. The highest BCUT2D eigenvalue weighted by atomic mass is 32.2. The van der Waals surface area contributed by atoms with Crippen LogP contribution in [-0.2, 0) is 16.4 Å². The molecule has 9 heteroatoms. The second-order valence-electron chi connectivity index (χ2n) is 8.10. The summed E-state index contributed by atoms with van der Waals surface area (Å²) in [5.41, 5.74) is 1.77. The molecule has 2 aromatic carbocycles. The van der Waals surface area contributed by atoms with Crippen LogP contribution < -0.4 is 9.47 Å². The number of aromatic nitrogens is 1. The number of benzene rings is 2. The quantitative estimate of drug-likeness (QED) is 0.453. The minimum absolute atomic E-state index is 0.0562. The SMILES string of the molecule is CCOc1ccc(CN(C(=O)c2cc(-c3ccc(OCC)cc3)on2)[C@@H]2CCS(=O)(=O)C2)cc1. The van der Waals surface area contributed by atoms with Crippen LogP contribution in [0, 0.1) is 0 Å². The van der Waals surface area contributed by atoms with Gasteiger partial charge in [-0.15, -0.1) is 0 Å². The summed E-state index contributed by atoms with van der Waals surface area (Å²) in [6.07, 6.45) is 0.398. The minimum atomic E-state index is -3.18. The van der Waals surface area contributed by atoms with E-state index < -0.39 is 15.9 Å². The number of carbonyl (C=O) groups excluding carboxylic acids is 1. The second kappa shape index (κ2) is 10.3. The highest BCUT2D eigenvalue weighted by Crippen LogP contribution is 2.26. The van der Waals surface area contributed by atoms with Crippen molar-refractivity contribution in [1.29, 1.82) is 0 Å². The Balaban J connectivity index is 1.56. The van der Waals surface area contributed by atoms with Crippen LogP contribution in [0.25, 0.3) is 11.3 Å². The molecule has 1 aromatic heterocycles. The zero-order chi connectivity index (χ0) is 24.1. The smallest absolute Gasteiger partial charge is 0.276 e. The minimum Gasteiger partial charge on any atom is -0.494 e. The van der Waals surface area contributed by atoms with Crippen molar-refractivity contribution in [1.82, 2.24) is 10.1 Å². The lowest BCUT2D eigenvalue weighted by Crippen LogP contribution is -2.40. The lowest BCUT2D eigenvalue weighted by Gasteiger charge is -2.27. The summed E-state index contributed by atoms with van der Waals surface area (Å²) in [5, 5.41) is 3.99. The Bertz CT molecular complexity index is 1220. The first-order valence-electron chi connectivity index (χ1n) is 11.3. The van der Waals surface area contributed by atoms with Gasteiger partial charge in [0.25, 0.3) is 5.91 Å². The fourth-order valence-electron chi connectivity index (χ4n) is 3.98. The third-order valence-corrected chi connectivity index (χ3v) is 7.43. The standard InChI is InChI=1S/C25H28N2O6S/c1-3-31-21-9-5-18(6-10-21)16-27(20-13-14-34(29,30)17-20)25(28)23-15-24(33-26-23)19-7-11-22(12-8-19)32-4-2/h5-12,15,20H,3-4,13-14,16-17H2,1-2H3/t20-/m1/s1. The van der Waals surface area contributed by atoms with Gasteiger partial charge in [-0.3, -0.25) is 4.79 Å². The fourth-order valence-corrected chi connectivity index (χ4v) is 5.71. The normalized spacial score (nSPS) is 16.8. The van der Waals surface area contributed by atoms with Crippen LogP contribution >= 0.6 is 0 Å². The highest BCUT2D eigenvalue weighted by Gasteiger charge is 2.36. The van der Waals surface area contributed by atoms with E-state index in [1.165, 1.54) is 0 Å². The summed E-state index contributed by atoms with van der Waals surface area (Å²) in [4.78, 5) is 15.0. The molecule has 34 heavy (non-hydrogen) atoms. The van der Waals surface area contributed by atoms with Gasteiger partial charge >= 0.3 is 0 Å². The Kier molecular flexibility index (Phi) is 7.21. The predicted molar refractivity (Wildman–Crippen MR) is 128 cm³/mol. The number of hydrogen-bond donors (Lipinski definition) is 0. The Hall–Kier alpha value is -3.33. The van der Waals surface area contributed by atoms with Crippen molar-refractivity contribution < 1.29 is 27.2 Å². The molecule has 0 radical (unpaired) electrons. The van der Waals surface area contributed by atoms with E-state index >= 15 is 0 Å². The van der Waals surface area contributed by atoms with Gasteiger partial charge in [0.15, 0.2) is 21.3 Å². The molecule has 0 spiro atoms. The molecule has 0 unspecified atom stereocenters. The van der Waals surface area contributed by atoms with Crippen LogP contribution in [0.15, 0.2) is 59.1 Å². The number of nitrogens with zero attached hydrogens (tertiary/aromatic N) is 2. The molecule has 0 saturated carbocycles. The average Bonchev–Trinajstić information content (AvgIpc) is 3.46. The molecule has 1 amide bonds. The number of sulfone groups is 1. The van der Waals surface area contributed by atoms with Gasteiger partial charge in [0.05, 0.1) is 24.7 Å². The van der Waals surface area contributed by atoms with E-state index in [2.05, 4.69) is 5.16 Å². The first kappa shape index (κ1) is 23.8. The Morgan fingerprint density at radius 2 is 1.65 bits per heavy atom. The number of amides is 1. The van der Waals surface area contributed by atoms with Crippen molar-refractivity contribution in [3.8, 4) is 22.8 Å². The van der Waals surface area contributed by atoms with Gasteiger partial charge in [0.2, 0.25) is 0 Å². The molecule has 0 N–H and O–H groups in total. The van der Waals surface area contributed by atoms with E-state index in [4.69, 9.17) is 14.0 Å². The van der Waals surface area contributed by atoms with Crippen molar-refractivity contribution in [2.45, 2.75) is 32.9 Å². The molecule has 1 fully saturated rings. The number of carbonyl (C=O) groups is 1. The predicted octanol–water partition coefficient (Wildman–Crippen LogP) is 3.97. The van der Waals surface area contributed by atoms with Crippen LogP contribution in [-0.4, -0.2) is 55.1 Å². The van der Waals surface area contributed by atoms with E-state index in [9.17, 15) is 13.2 Å². The lowest BCUT2D eigenvalue weighted by atomic mass is 10.1. The molecule has 1 aliphatic rings. The third kappa shape index (κ3) is 5.59. The van der Waals surface area contributed by atoms with E-state index in [0.29, 0.717) is 25.4 Å². The third-order valence-electron chi connectivity index (χ3n) is 5.68. The fraction of sp³-hybridized carbons (Fsp3) is 0.360. The largest absolute Gasteiger partial charge is 0.494 e. The van der Waals surface area contributed by atoms with Crippen LogP contribution in [0.3, 0.4) is 0 Å². The lowest BCUT2D eigenvalue weighted by molar-refractivity contribution is 0.0670. The van der Waals surface area contributed by atoms with Crippen molar-refractivity contribution in [2.24, 2.45) is 0 Å². The van der Waals surface area contributed by atoms with Gasteiger partial charge in [0, 0.05) is 24.2 Å². The molecular formula is C25H28N2O6S. The summed E-state index contributed by atoms with van der Waals surface area (Å²) in [6.45, 7) is 5.22. The van der Waals surface area contributed by atoms with Gasteiger partial charge < -0.3 is 18.9 Å². The number of rotatable bonds is 9. The van der Waals surface area contributed by atoms with E-state index in [1.807, 2.05) is 62.4 Å². The molecule has 1 saturated heterocycles. The van der Waals surface area contributed by atoms with E-state index in [1.54, 1.807) is 11.0 Å². The average molecular weight is 485 g/mol. The van der Waals surface area contributed by atoms with Crippen molar-refractivity contribution in [3.05, 3.63) is 65.9 Å². The van der Waals surface area contributed by atoms with Crippen LogP contribution in [0.5, 0.6) is 11.5 Å². The van der Waals surface area contributed by atoms with Gasteiger partial charge in [-0.05, 0) is 62.2 Å². The molecule has 1 aliphatic heterocycles. The highest BCUT2D eigenvalue weighted by molar-refractivity contribution is 7.91. The van der Waals surface area contributed by atoms with Gasteiger partial charge in [-0.25, -0.2) is 8.42 Å². The molecule has 0 bridgehead atoms. The first-order chi connectivity index (χ1) is 16.4. The summed E-state index contributed by atoms with van der Waals surface area (Å²) >= 11 is 0. The molecule has 2 heterocycles. The zero-order valence-electron chi connectivity index (χ0n) is 19.3. The molecule has 4 rings (SSSR count). The number of ether oxygens (including phenoxy) is 2. The molecule has 8 nitrogen and oxygen atoms in total. The van der Waals surface area contributed by atoms with Crippen molar-refractivity contribution in [3.63, 3.8) is 0 Å². The van der Waals surface area contributed by atoms with Gasteiger partial charge in [0.1, 0.15) is 11.5 Å². The summed E-state index contributed by atoms with van der Waals surface area (Å²) in [5.74, 6) is 1.58. The number of hydrogen-bond acceptors (Lipinski definition) is 7. The van der Waals surface area contributed by atoms with E-state index in [-0.39, 0.29) is 29.7 Å². The maximum atomic E-state index is 13.5. The Labute approximate surface area is 199 Å². The van der Waals surface area contributed by atoms with E-state index in [0.717, 1.165) is 22.6 Å². The zero-order valence-corrected chi connectivity index (χ0v) is 20.1. The summed E-state index contributed by atoms with van der Waals surface area (Å²) in [6, 6.07) is 15.9. The first-order valence-corrected chi connectivity index (χ1v) is 13.1.